The second kappa shape index (κ2) is 6.72. The van der Waals surface area contributed by atoms with Gasteiger partial charge < -0.3 is 10.0 Å². The lowest BCUT2D eigenvalue weighted by Crippen LogP contribution is -2.46. The van der Waals surface area contributed by atoms with E-state index in [-0.39, 0.29) is 0 Å². The van der Waals surface area contributed by atoms with E-state index < -0.39 is 5.97 Å². The van der Waals surface area contributed by atoms with Gasteiger partial charge in [0.1, 0.15) is 0 Å². The van der Waals surface area contributed by atoms with E-state index in [1.165, 1.54) is 5.69 Å². The van der Waals surface area contributed by atoms with Gasteiger partial charge in [-0.25, -0.2) is 4.79 Å². The van der Waals surface area contributed by atoms with Crippen LogP contribution in [0.5, 0.6) is 0 Å². The molecule has 1 aliphatic rings. The Hall–Kier alpha value is -1.85. The number of thiophene rings is 1. The molecule has 1 aromatic heterocycles. The standard InChI is InChI=1S/C18H22N2O2S/c1-13-16(17(18(21)22)14(2)23-13)12-19-8-10-20(11-9-19)15-6-4-3-5-7-15/h3-7H,8-12H2,1-2H3,(H,21,22). The summed E-state index contributed by atoms with van der Waals surface area (Å²) < 4.78 is 0. The van der Waals surface area contributed by atoms with Crippen LogP contribution in [0.4, 0.5) is 5.69 Å². The molecule has 0 saturated carbocycles. The van der Waals surface area contributed by atoms with E-state index in [0.717, 1.165) is 48.0 Å². The van der Waals surface area contributed by atoms with Crippen LogP contribution in [0.3, 0.4) is 0 Å². The van der Waals surface area contributed by atoms with Gasteiger partial charge in [0.05, 0.1) is 5.56 Å². The highest BCUT2D eigenvalue weighted by Crippen LogP contribution is 2.29. The smallest absolute Gasteiger partial charge is 0.337 e. The molecule has 0 unspecified atom stereocenters. The fourth-order valence-corrected chi connectivity index (χ4v) is 4.29. The second-order valence-electron chi connectivity index (χ2n) is 5.97. The maximum atomic E-state index is 11.5. The maximum Gasteiger partial charge on any atom is 0.337 e. The van der Waals surface area contributed by atoms with Crippen LogP contribution in [0, 0.1) is 13.8 Å². The molecule has 23 heavy (non-hydrogen) atoms. The highest BCUT2D eigenvalue weighted by atomic mass is 32.1. The van der Waals surface area contributed by atoms with Crippen molar-refractivity contribution in [3.63, 3.8) is 0 Å². The average Bonchev–Trinajstić information content (AvgIpc) is 2.83. The van der Waals surface area contributed by atoms with Crippen molar-refractivity contribution in [3.05, 3.63) is 51.2 Å². The zero-order valence-electron chi connectivity index (χ0n) is 13.6. The highest BCUT2D eigenvalue weighted by Gasteiger charge is 2.23. The number of carboxylic acid groups (broad SMARTS) is 1. The number of nitrogens with zero attached hydrogens (tertiary/aromatic N) is 2. The minimum atomic E-state index is -0.801. The third-order valence-corrected chi connectivity index (χ3v) is 5.54. The number of benzene rings is 1. The minimum Gasteiger partial charge on any atom is -0.478 e. The number of hydrogen-bond acceptors (Lipinski definition) is 4. The molecule has 0 radical (unpaired) electrons. The summed E-state index contributed by atoms with van der Waals surface area (Å²) >= 11 is 1.59. The molecule has 1 aliphatic heterocycles. The molecule has 1 saturated heterocycles. The largest absolute Gasteiger partial charge is 0.478 e. The summed E-state index contributed by atoms with van der Waals surface area (Å²) in [4.78, 5) is 18.3. The monoisotopic (exact) mass is 330 g/mol. The van der Waals surface area contributed by atoms with Crippen LogP contribution in [-0.4, -0.2) is 42.2 Å². The SMILES string of the molecule is Cc1sc(C)c(C(=O)O)c1CN1CCN(c2ccccc2)CC1. The molecule has 2 heterocycles. The van der Waals surface area contributed by atoms with Crippen molar-refractivity contribution in [2.45, 2.75) is 20.4 Å². The molecule has 2 aromatic rings. The van der Waals surface area contributed by atoms with Crippen LogP contribution in [0.15, 0.2) is 30.3 Å². The van der Waals surface area contributed by atoms with Crippen LogP contribution in [0.2, 0.25) is 0 Å². The van der Waals surface area contributed by atoms with Crippen LogP contribution in [-0.2, 0) is 6.54 Å². The summed E-state index contributed by atoms with van der Waals surface area (Å²) in [5.74, 6) is -0.801. The lowest BCUT2D eigenvalue weighted by molar-refractivity contribution is 0.0694. The van der Waals surface area contributed by atoms with Crippen LogP contribution >= 0.6 is 11.3 Å². The molecule has 3 rings (SSSR count). The van der Waals surface area contributed by atoms with Crippen molar-refractivity contribution in [1.82, 2.24) is 4.90 Å². The first kappa shape index (κ1) is 16.0. The molecule has 0 atom stereocenters. The average molecular weight is 330 g/mol. The minimum absolute atomic E-state index is 0.512. The quantitative estimate of drug-likeness (QED) is 0.933. The lowest BCUT2D eigenvalue weighted by atomic mass is 10.1. The van der Waals surface area contributed by atoms with Gasteiger partial charge in [0.25, 0.3) is 0 Å². The molecular weight excluding hydrogens is 308 g/mol. The first-order chi connectivity index (χ1) is 11.1. The van der Waals surface area contributed by atoms with E-state index >= 15 is 0 Å². The maximum absolute atomic E-state index is 11.5. The number of aryl methyl sites for hydroxylation is 2. The van der Waals surface area contributed by atoms with Crippen molar-refractivity contribution in [1.29, 1.82) is 0 Å². The molecule has 0 amide bonds. The number of hydrogen-bond donors (Lipinski definition) is 1. The third kappa shape index (κ3) is 3.41. The summed E-state index contributed by atoms with van der Waals surface area (Å²) in [6.45, 7) is 8.55. The van der Waals surface area contributed by atoms with Crippen molar-refractivity contribution in [2.75, 3.05) is 31.1 Å². The summed E-state index contributed by atoms with van der Waals surface area (Å²) in [5, 5.41) is 9.46. The Labute approximate surface area is 141 Å². The first-order valence-electron chi connectivity index (χ1n) is 7.90. The first-order valence-corrected chi connectivity index (χ1v) is 8.72. The van der Waals surface area contributed by atoms with Gasteiger partial charge in [-0.1, -0.05) is 18.2 Å². The molecule has 1 aromatic carbocycles. The highest BCUT2D eigenvalue weighted by molar-refractivity contribution is 7.12. The van der Waals surface area contributed by atoms with E-state index in [9.17, 15) is 9.90 Å². The Bertz CT molecular complexity index is 689. The Kier molecular flexibility index (Phi) is 4.68. The summed E-state index contributed by atoms with van der Waals surface area (Å²) in [7, 11) is 0. The zero-order chi connectivity index (χ0) is 16.4. The number of piperazine rings is 1. The molecule has 4 nitrogen and oxygen atoms in total. The number of rotatable bonds is 4. The van der Waals surface area contributed by atoms with Crippen LogP contribution in [0.25, 0.3) is 0 Å². The Morgan fingerprint density at radius 1 is 1.09 bits per heavy atom. The molecular formula is C18H22N2O2S. The van der Waals surface area contributed by atoms with Crippen LogP contribution in [0.1, 0.15) is 25.7 Å². The predicted octanol–water partition coefficient (Wildman–Crippen LogP) is 3.39. The number of aromatic carboxylic acids is 1. The molecule has 5 heteroatoms. The molecule has 1 fully saturated rings. The number of carbonyl (C=O) groups is 1. The van der Waals surface area contributed by atoms with Gasteiger partial charge >= 0.3 is 5.97 Å². The third-order valence-electron chi connectivity index (χ3n) is 4.47. The van der Waals surface area contributed by atoms with Gasteiger partial charge in [-0.05, 0) is 31.5 Å². The summed E-state index contributed by atoms with van der Waals surface area (Å²) in [6.07, 6.45) is 0. The molecule has 1 N–H and O–H groups in total. The Balaban J connectivity index is 1.67. The number of para-hydroxylation sites is 1. The Morgan fingerprint density at radius 2 is 1.74 bits per heavy atom. The topological polar surface area (TPSA) is 43.8 Å². The van der Waals surface area contributed by atoms with E-state index in [1.807, 2.05) is 19.9 Å². The van der Waals surface area contributed by atoms with Crippen molar-refractivity contribution in [2.24, 2.45) is 0 Å². The fourth-order valence-electron chi connectivity index (χ4n) is 3.23. The van der Waals surface area contributed by atoms with E-state index in [2.05, 4.69) is 34.1 Å². The molecule has 0 aliphatic carbocycles. The van der Waals surface area contributed by atoms with Gasteiger partial charge in [0.2, 0.25) is 0 Å². The molecule has 0 spiro atoms. The molecule has 0 bridgehead atoms. The van der Waals surface area contributed by atoms with Gasteiger partial charge in [-0.2, -0.15) is 0 Å². The van der Waals surface area contributed by atoms with Crippen molar-refractivity contribution < 1.29 is 9.90 Å². The van der Waals surface area contributed by atoms with E-state index in [0.29, 0.717) is 5.56 Å². The Morgan fingerprint density at radius 3 is 2.35 bits per heavy atom. The summed E-state index contributed by atoms with van der Waals surface area (Å²) in [6, 6.07) is 10.5. The normalized spacial score (nSPS) is 15.8. The van der Waals surface area contributed by atoms with Crippen LogP contribution < -0.4 is 4.90 Å². The lowest BCUT2D eigenvalue weighted by Gasteiger charge is -2.36. The number of anilines is 1. The van der Waals surface area contributed by atoms with Gasteiger partial charge in [0.15, 0.2) is 0 Å². The molecule has 122 valence electrons. The van der Waals surface area contributed by atoms with E-state index in [1.54, 1.807) is 11.3 Å². The number of carboxylic acids is 1. The van der Waals surface area contributed by atoms with Crippen molar-refractivity contribution in [3.8, 4) is 0 Å². The van der Waals surface area contributed by atoms with E-state index in [4.69, 9.17) is 0 Å². The zero-order valence-corrected chi connectivity index (χ0v) is 14.4. The summed E-state index contributed by atoms with van der Waals surface area (Å²) in [5.41, 5.74) is 2.77. The fraction of sp³-hybridized carbons (Fsp3) is 0.389. The second-order valence-corrected chi connectivity index (χ2v) is 7.40. The van der Waals surface area contributed by atoms with Gasteiger partial charge in [0, 0.05) is 48.2 Å². The van der Waals surface area contributed by atoms with Gasteiger partial charge in [-0.15, -0.1) is 11.3 Å². The van der Waals surface area contributed by atoms with Gasteiger partial charge in [-0.3, -0.25) is 4.90 Å². The predicted molar refractivity (Wildman–Crippen MR) is 94.7 cm³/mol. The van der Waals surface area contributed by atoms with Crippen molar-refractivity contribution >= 4 is 23.0 Å².